The maximum atomic E-state index is 5.46. The van der Waals surface area contributed by atoms with E-state index in [-0.39, 0.29) is 0 Å². The first-order valence-electron chi connectivity index (χ1n) is 6.14. The fraction of sp³-hybridized carbons (Fsp3) is 0.455. The van der Waals surface area contributed by atoms with Gasteiger partial charge in [0.25, 0.3) is 0 Å². The molecule has 0 spiro atoms. The van der Waals surface area contributed by atoms with Gasteiger partial charge in [-0.3, -0.25) is 0 Å². The van der Waals surface area contributed by atoms with E-state index in [9.17, 15) is 0 Å². The fourth-order valence-corrected chi connectivity index (χ4v) is 1.77. The molecule has 8 heteroatoms. The van der Waals surface area contributed by atoms with E-state index in [0.29, 0.717) is 24.6 Å². The highest BCUT2D eigenvalue weighted by Crippen LogP contribution is 2.20. The van der Waals surface area contributed by atoms with E-state index in [1.165, 1.54) is 12.7 Å². The average Bonchev–Trinajstić information content (AvgIpc) is 2.94. The molecule has 0 aliphatic heterocycles. The number of nitrogens with zero attached hydrogens (tertiary/aromatic N) is 4. The molecule has 2 aromatic rings. The van der Waals surface area contributed by atoms with Crippen molar-refractivity contribution in [1.29, 1.82) is 0 Å². The van der Waals surface area contributed by atoms with E-state index in [1.54, 1.807) is 0 Å². The number of hydrogen-bond acceptors (Lipinski definition) is 8. The molecule has 0 radical (unpaired) electrons. The van der Waals surface area contributed by atoms with Crippen LogP contribution in [0, 0.1) is 0 Å². The van der Waals surface area contributed by atoms with Crippen molar-refractivity contribution in [3.8, 4) is 0 Å². The van der Waals surface area contributed by atoms with Gasteiger partial charge in [0.05, 0.1) is 0 Å². The van der Waals surface area contributed by atoms with Gasteiger partial charge in [-0.25, -0.2) is 15.8 Å². The molecule has 0 aromatic carbocycles. The fourth-order valence-electron chi connectivity index (χ4n) is 1.77. The summed E-state index contributed by atoms with van der Waals surface area (Å²) in [6.45, 7) is 2.76. The maximum absolute atomic E-state index is 5.46. The standard InChI is InChI=1S/C11H17N7O/c1-2-3-8-10(14-6-15-11(8)17-12)13-5-4-9-16-7-19-18-9/h6-7H,2-5,12H2,1H3,(H2,13,14,15,17). The number of aromatic nitrogens is 4. The Morgan fingerprint density at radius 2 is 2.05 bits per heavy atom. The molecule has 8 nitrogen and oxygen atoms in total. The predicted molar refractivity (Wildman–Crippen MR) is 70.3 cm³/mol. The van der Waals surface area contributed by atoms with Crippen LogP contribution in [0.5, 0.6) is 0 Å². The zero-order valence-corrected chi connectivity index (χ0v) is 10.8. The Kier molecular flexibility index (Phi) is 4.62. The lowest BCUT2D eigenvalue weighted by Crippen LogP contribution is -2.15. The molecule has 0 atom stereocenters. The molecule has 19 heavy (non-hydrogen) atoms. The Morgan fingerprint density at radius 3 is 2.74 bits per heavy atom. The normalized spacial score (nSPS) is 10.4. The number of hydrazine groups is 1. The van der Waals surface area contributed by atoms with Crippen molar-refractivity contribution in [3.05, 3.63) is 24.1 Å². The average molecular weight is 263 g/mol. The van der Waals surface area contributed by atoms with Crippen molar-refractivity contribution in [2.75, 3.05) is 17.3 Å². The van der Waals surface area contributed by atoms with E-state index in [0.717, 1.165) is 24.2 Å². The zero-order chi connectivity index (χ0) is 13.5. The van der Waals surface area contributed by atoms with E-state index in [4.69, 9.17) is 5.84 Å². The Labute approximate surface area is 110 Å². The highest BCUT2D eigenvalue weighted by atomic mass is 16.5. The summed E-state index contributed by atoms with van der Waals surface area (Å²) in [5, 5.41) is 6.99. The van der Waals surface area contributed by atoms with E-state index in [1.807, 2.05) is 0 Å². The van der Waals surface area contributed by atoms with Crippen LogP contribution in [-0.2, 0) is 12.8 Å². The van der Waals surface area contributed by atoms with Crippen molar-refractivity contribution in [2.24, 2.45) is 5.84 Å². The number of nitrogen functional groups attached to an aromatic ring is 1. The molecular weight excluding hydrogens is 246 g/mol. The van der Waals surface area contributed by atoms with Gasteiger partial charge < -0.3 is 15.3 Å². The summed E-state index contributed by atoms with van der Waals surface area (Å²) in [4.78, 5) is 12.3. The summed E-state index contributed by atoms with van der Waals surface area (Å²) in [5.74, 6) is 7.56. The van der Waals surface area contributed by atoms with Crippen molar-refractivity contribution in [1.82, 2.24) is 20.1 Å². The highest BCUT2D eigenvalue weighted by Gasteiger charge is 2.09. The van der Waals surface area contributed by atoms with Crippen LogP contribution >= 0.6 is 0 Å². The molecule has 0 saturated carbocycles. The number of nitrogens with one attached hydrogen (secondary N) is 2. The molecular formula is C11H17N7O. The van der Waals surface area contributed by atoms with Crippen LogP contribution in [-0.4, -0.2) is 26.7 Å². The lowest BCUT2D eigenvalue weighted by atomic mass is 10.1. The molecule has 102 valence electrons. The first kappa shape index (κ1) is 13.2. The second-order valence-electron chi connectivity index (χ2n) is 3.97. The van der Waals surface area contributed by atoms with Gasteiger partial charge in [-0.2, -0.15) is 4.98 Å². The summed E-state index contributed by atoms with van der Waals surface area (Å²) >= 11 is 0. The van der Waals surface area contributed by atoms with Crippen LogP contribution in [0.2, 0.25) is 0 Å². The third-order valence-corrected chi connectivity index (χ3v) is 2.63. The molecule has 4 N–H and O–H groups in total. The second-order valence-corrected chi connectivity index (χ2v) is 3.97. The maximum Gasteiger partial charge on any atom is 0.213 e. The number of anilines is 2. The Hall–Kier alpha value is -2.22. The molecule has 0 bridgehead atoms. The van der Waals surface area contributed by atoms with Gasteiger partial charge in [-0.15, -0.1) is 0 Å². The van der Waals surface area contributed by atoms with Crippen molar-refractivity contribution < 1.29 is 4.52 Å². The summed E-state index contributed by atoms with van der Waals surface area (Å²) in [7, 11) is 0. The molecule has 0 unspecified atom stereocenters. The van der Waals surface area contributed by atoms with Gasteiger partial charge >= 0.3 is 0 Å². The molecule has 0 aliphatic carbocycles. The summed E-state index contributed by atoms with van der Waals surface area (Å²) < 4.78 is 4.68. The first-order valence-corrected chi connectivity index (χ1v) is 6.14. The van der Waals surface area contributed by atoms with Crippen LogP contribution in [0.25, 0.3) is 0 Å². The van der Waals surface area contributed by atoms with Gasteiger partial charge in [0.1, 0.15) is 18.0 Å². The number of rotatable bonds is 7. The van der Waals surface area contributed by atoms with Crippen LogP contribution < -0.4 is 16.6 Å². The molecule has 0 amide bonds. The molecule has 2 rings (SSSR count). The molecule has 0 saturated heterocycles. The SMILES string of the molecule is CCCc1c(NN)ncnc1NCCc1ncon1. The summed E-state index contributed by atoms with van der Waals surface area (Å²) in [6, 6.07) is 0. The van der Waals surface area contributed by atoms with E-state index < -0.39 is 0 Å². The van der Waals surface area contributed by atoms with Crippen LogP contribution in [0.1, 0.15) is 24.7 Å². The first-order chi connectivity index (χ1) is 9.35. The van der Waals surface area contributed by atoms with Gasteiger partial charge in [0, 0.05) is 18.5 Å². The van der Waals surface area contributed by atoms with Crippen molar-refractivity contribution in [3.63, 3.8) is 0 Å². The predicted octanol–water partition coefficient (Wildman–Crippen LogP) is 0.752. The Bertz CT molecular complexity index is 500. The van der Waals surface area contributed by atoms with Gasteiger partial charge in [-0.1, -0.05) is 18.5 Å². The van der Waals surface area contributed by atoms with Gasteiger partial charge in [-0.05, 0) is 6.42 Å². The topological polar surface area (TPSA) is 115 Å². The van der Waals surface area contributed by atoms with Crippen LogP contribution in [0.15, 0.2) is 17.2 Å². The zero-order valence-electron chi connectivity index (χ0n) is 10.8. The minimum atomic E-state index is 0.652. The van der Waals surface area contributed by atoms with Crippen LogP contribution in [0.3, 0.4) is 0 Å². The summed E-state index contributed by atoms with van der Waals surface area (Å²) in [6.07, 6.45) is 5.30. The Balaban J connectivity index is 2.02. The van der Waals surface area contributed by atoms with Crippen molar-refractivity contribution >= 4 is 11.6 Å². The minimum Gasteiger partial charge on any atom is -0.369 e. The smallest absolute Gasteiger partial charge is 0.213 e. The molecule has 0 aliphatic rings. The molecule has 2 aromatic heterocycles. The summed E-state index contributed by atoms with van der Waals surface area (Å²) in [5.41, 5.74) is 3.58. The van der Waals surface area contributed by atoms with E-state index in [2.05, 4.69) is 42.3 Å². The third-order valence-electron chi connectivity index (χ3n) is 2.63. The molecule has 2 heterocycles. The minimum absolute atomic E-state index is 0.652. The van der Waals surface area contributed by atoms with Crippen molar-refractivity contribution in [2.45, 2.75) is 26.2 Å². The van der Waals surface area contributed by atoms with E-state index >= 15 is 0 Å². The number of nitrogens with two attached hydrogens (primary N) is 1. The largest absolute Gasteiger partial charge is 0.369 e. The van der Waals surface area contributed by atoms with Gasteiger partial charge in [0.2, 0.25) is 6.39 Å². The highest BCUT2D eigenvalue weighted by molar-refractivity contribution is 5.56. The van der Waals surface area contributed by atoms with Crippen LogP contribution in [0.4, 0.5) is 11.6 Å². The Morgan fingerprint density at radius 1 is 1.21 bits per heavy atom. The van der Waals surface area contributed by atoms with Gasteiger partial charge in [0.15, 0.2) is 5.82 Å². The monoisotopic (exact) mass is 263 g/mol. The second kappa shape index (κ2) is 6.64. The third kappa shape index (κ3) is 3.38. The number of hydrogen-bond donors (Lipinski definition) is 3. The molecule has 0 fully saturated rings. The quantitative estimate of drug-likeness (QED) is 0.495. The lowest BCUT2D eigenvalue weighted by Gasteiger charge is -2.12. The lowest BCUT2D eigenvalue weighted by molar-refractivity contribution is 0.410.